The van der Waals surface area contributed by atoms with E-state index < -0.39 is 0 Å². The van der Waals surface area contributed by atoms with Crippen molar-refractivity contribution in [2.24, 2.45) is 5.92 Å². The third-order valence-electron chi connectivity index (χ3n) is 3.52. The van der Waals surface area contributed by atoms with Gasteiger partial charge in [-0.1, -0.05) is 44.8 Å². The number of rotatable bonds is 1. The second kappa shape index (κ2) is 5.74. The number of benzene rings is 1. The van der Waals surface area contributed by atoms with E-state index in [0.29, 0.717) is 10.7 Å². The highest BCUT2D eigenvalue weighted by molar-refractivity contribution is 9.10. The van der Waals surface area contributed by atoms with Crippen LogP contribution in [-0.4, -0.2) is 28.7 Å². The lowest BCUT2D eigenvalue weighted by Crippen LogP contribution is -2.43. The number of likely N-dealkylation sites (tertiary alicyclic amines) is 1. The van der Waals surface area contributed by atoms with Crippen LogP contribution in [0.15, 0.2) is 22.7 Å². The Balaban J connectivity index is 2.19. The summed E-state index contributed by atoms with van der Waals surface area (Å²) < 4.78 is 0.958. The fraction of sp³-hybridized carbons (Fsp3) is 0.500. The lowest BCUT2D eigenvalue weighted by molar-refractivity contribution is 0.0689. The van der Waals surface area contributed by atoms with Gasteiger partial charge in [-0.15, -0.1) is 0 Å². The van der Waals surface area contributed by atoms with E-state index in [1.807, 2.05) is 30.0 Å². The van der Waals surface area contributed by atoms with Crippen molar-refractivity contribution in [1.29, 1.82) is 0 Å². The molecule has 1 saturated heterocycles. The average Bonchev–Trinajstić information content (AvgIpc) is 2.35. The van der Waals surface area contributed by atoms with Crippen molar-refractivity contribution in [3.8, 4) is 0 Å². The molecule has 2 nitrogen and oxygen atoms in total. The van der Waals surface area contributed by atoms with Gasteiger partial charge in [0.15, 0.2) is 0 Å². The molecule has 1 aromatic carbocycles. The minimum atomic E-state index is 0.153. The normalized spacial score (nSPS) is 24.1. The number of halogens is 2. The van der Waals surface area contributed by atoms with Gasteiger partial charge in [0.25, 0.3) is 5.91 Å². The van der Waals surface area contributed by atoms with Gasteiger partial charge in [0.05, 0.1) is 0 Å². The number of hydrogen-bond donors (Lipinski definition) is 0. The Morgan fingerprint density at radius 3 is 2.83 bits per heavy atom. The van der Waals surface area contributed by atoms with Crippen LogP contribution in [0.2, 0.25) is 0 Å². The topological polar surface area (TPSA) is 20.3 Å². The molecule has 2 rings (SSSR count). The molecule has 1 heterocycles. The molecule has 0 bridgehead atoms. The number of aryl methyl sites for hydroxylation is 1. The summed E-state index contributed by atoms with van der Waals surface area (Å²) in [7, 11) is 0. The van der Waals surface area contributed by atoms with E-state index in [2.05, 4.69) is 38.8 Å². The molecule has 0 aromatic heterocycles. The van der Waals surface area contributed by atoms with Crippen LogP contribution >= 0.6 is 31.9 Å². The highest BCUT2D eigenvalue weighted by Gasteiger charge is 2.28. The minimum Gasteiger partial charge on any atom is -0.338 e. The van der Waals surface area contributed by atoms with Crippen LogP contribution in [-0.2, 0) is 0 Å². The number of carbonyl (C=O) groups excluding carboxylic acids is 1. The smallest absolute Gasteiger partial charge is 0.254 e. The highest BCUT2D eigenvalue weighted by Crippen LogP contribution is 2.25. The van der Waals surface area contributed by atoms with E-state index in [1.54, 1.807) is 0 Å². The van der Waals surface area contributed by atoms with Crippen molar-refractivity contribution in [3.05, 3.63) is 33.8 Å². The second-order valence-corrected chi connectivity index (χ2v) is 7.08. The van der Waals surface area contributed by atoms with Crippen LogP contribution in [0.3, 0.4) is 0 Å². The summed E-state index contributed by atoms with van der Waals surface area (Å²) in [5.41, 5.74) is 1.85. The Labute approximate surface area is 125 Å². The molecule has 1 amide bonds. The molecule has 1 aliphatic rings. The van der Waals surface area contributed by atoms with Gasteiger partial charge in [-0.3, -0.25) is 4.79 Å². The maximum atomic E-state index is 12.5. The molecular formula is C14H17Br2NO. The van der Waals surface area contributed by atoms with Crippen LogP contribution in [0.1, 0.15) is 29.3 Å². The summed E-state index contributed by atoms with van der Waals surface area (Å²) in [5, 5.41) is 0. The van der Waals surface area contributed by atoms with Gasteiger partial charge in [-0.2, -0.15) is 0 Å². The van der Waals surface area contributed by atoms with Gasteiger partial charge in [-0.05, 0) is 37.0 Å². The SMILES string of the molecule is Cc1ccc(Br)cc1C(=O)N1CCC(Br)C(C)C1. The Hall–Kier alpha value is -0.350. The van der Waals surface area contributed by atoms with Gasteiger partial charge < -0.3 is 4.90 Å². The number of carbonyl (C=O) groups is 1. The van der Waals surface area contributed by atoms with Gasteiger partial charge in [0, 0.05) is 28.0 Å². The zero-order valence-electron chi connectivity index (χ0n) is 10.6. The number of piperidine rings is 1. The molecule has 0 saturated carbocycles. The predicted octanol–water partition coefficient (Wildman–Crippen LogP) is 4.00. The molecule has 0 aliphatic carbocycles. The third kappa shape index (κ3) is 2.97. The molecule has 2 unspecified atom stereocenters. The fourth-order valence-corrected chi connectivity index (χ4v) is 3.03. The lowest BCUT2D eigenvalue weighted by Gasteiger charge is -2.34. The van der Waals surface area contributed by atoms with Crippen LogP contribution in [0.5, 0.6) is 0 Å². The molecule has 2 atom stereocenters. The average molecular weight is 375 g/mol. The summed E-state index contributed by atoms with van der Waals surface area (Å²) in [6, 6.07) is 5.87. The first-order valence-electron chi connectivity index (χ1n) is 6.18. The number of hydrogen-bond acceptors (Lipinski definition) is 1. The van der Waals surface area contributed by atoms with E-state index in [0.717, 1.165) is 35.1 Å². The van der Waals surface area contributed by atoms with Crippen molar-refractivity contribution in [2.75, 3.05) is 13.1 Å². The summed E-state index contributed by atoms with van der Waals surface area (Å²) in [6.45, 7) is 5.85. The maximum absolute atomic E-state index is 12.5. The molecule has 1 fully saturated rings. The van der Waals surface area contributed by atoms with E-state index in [1.165, 1.54) is 0 Å². The molecule has 0 radical (unpaired) electrons. The van der Waals surface area contributed by atoms with Gasteiger partial charge >= 0.3 is 0 Å². The summed E-state index contributed by atoms with van der Waals surface area (Å²) in [5.74, 6) is 0.662. The molecule has 18 heavy (non-hydrogen) atoms. The molecule has 98 valence electrons. The van der Waals surface area contributed by atoms with Crippen molar-refractivity contribution < 1.29 is 4.79 Å². The molecule has 4 heteroatoms. The van der Waals surface area contributed by atoms with Gasteiger partial charge in [0.2, 0.25) is 0 Å². The molecule has 0 spiro atoms. The molecule has 1 aromatic rings. The van der Waals surface area contributed by atoms with Gasteiger partial charge in [-0.25, -0.2) is 0 Å². The van der Waals surface area contributed by atoms with Crippen molar-refractivity contribution in [3.63, 3.8) is 0 Å². The number of amides is 1. The number of nitrogens with zero attached hydrogens (tertiary/aromatic N) is 1. The van der Waals surface area contributed by atoms with E-state index in [4.69, 9.17) is 0 Å². The first-order valence-corrected chi connectivity index (χ1v) is 7.89. The first kappa shape index (κ1) is 14.1. The Morgan fingerprint density at radius 2 is 2.17 bits per heavy atom. The monoisotopic (exact) mass is 373 g/mol. The number of alkyl halides is 1. The maximum Gasteiger partial charge on any atom is 0.254 e. The fourth-order valence-electron chi connectivity index (χ4n) is 2.30. The van der Waals surface area contributed by atoms with Crippen LogP contribution < -0.4 is 0 Å². The van der Waals surface area contributed by atoms with Crippen molar-refractivity contribution in [2.45, 2.75) is 25.1 Å². The first-order chi connectivity index (χ1) is 8.49. The largest absolute Gasteiger partial charge is 0.338 e. The van der Waals surface area contributed by atoms with Crippen LogP contribution in [0.4, 0.5) is 0 Å². The zero-order valence-corrected chi connectivity index (χ0v) is 13.8. The predicted molar refractivity (Wildman–Crippen MR) is 81.3 cm³/mol. The van der Waals surface area contributed by atoms with Crippen molar-refractivity contribution >= 4 is 37.8 Å². The standard InChI is InChI=1S/C14H17Br2NO/c1-9-3-4-11(15)7-12(9)14(18)17-6-5-13(16)10(2)8-17/h3-4,7,10,13H,5-6,8H2,1-2H3. The summed E-state index contributed by atoms with van der Waals surface area (Å²) in [4.78, 5) is 15.0. The van der Waals surface area contributed by atoms with E-state index >= 15 is 0 Å². The van der Waals surface area contributed by atoms with E-state index in [-0.39, 0.29) is 5.91 Å². The summed E-state index contributed by atoms with van der Waals surface area (Å²) >= 11 is 7.10. The molecule has 1 aliphatic heterocycles. The van der Waals surface area contributed by atoms with Crippen LogP contribution in [0, 0.1) is 12.8 Å². The Bertz CT molecular complexity index is 461. The molecule has 0 N–H and O–H groups in total. The minimum absolute atomic E-state index is 0.153. The summed E-state index contributed by atoms with van der Waals surface area (Å²) in [6.07, 6.45) is 1.03. The Morgan fingerprint density at radius 1 is 1.44 bits per heavy atom. The quantitative estimate of drug-likeness (QED) is 0.680. The lowest BCUT2D eigenvalue weighted by atomic mass is 9.98. The Kier molecular flexibility index (Phi) is 4.49. The van der Waals surface area contributed by atoms with Crippen LogP contribution in [0.25, 0.3) is 0 Å². The zero-order chi connectivity index (χ0) is 13.3. The molecular weight excluding hydrogens is 358 g/mol. The van der Waals surface area contributed by atoms with Crippen molar-refractivity contribution in [1.82, 2.24) is 4.90 Å². The highest BCUT2D eigenvalue weighted by atomic mass is 79.9. The second-order valence-electron chi connectivity index (χ2n) is 4.99. The van der Waals surface area contributed by atoms with Gasteiger partial charge in [0.1, 0.15) is 0 Å². The third-order valence-corrected chi connectivity index (χ3v) is 5.37. The van der Waals surface area contributed by atoms with E-state index in [9.17, 15) is 4.79 Å².